The van der Waals surface area contributed by atoms with Gasteiger partial charge in [0.1, 0.15) is 0 Å². The van der Waals surface area contributed by atoms with Gasteiger partial charge in [-0.25, -0.2) is 0 Å². The van der Waals surface area contributed by atoms with Crippen LogP contribution in [0.3, 0.4) is 0 Å². The van der Waals surface area contributed by atoms with E-state index >= 15 is 0 Å². The van der Waals surface area contributed by atoms with E-state index in [0.717, 1.165) is 11.1 Å². The third-order valence-corrected chi connectivity index (χ3v) is 3.54. The average Bonchev–Trinajstić information content (AvgIpc) is 2.96. The summed E-state index contributed by atoms with van der Waals surface area (Å²) in [6, 6.07) is 10.9. The van der Waals surface area contributed by atoms with Crippen molar-refractivity contribution >= 4 is 11.6 Å². The maximum absolute atomic E-state index is 12.3. The van der Waals surface area contributed by atoms with Crippen molar-refractivity contribution in [3.8, 4) is 11.5 Å². The van der Waals surface area contributed by atoms with E-state index in [4.69, 9.17) is 15.2 Å². The van der Waals surface area contributed by atoms with Gasteiger partial charge in [0.25, 0.3) is 5.91 Å². The van der Waals surface area contributed by atoms with Crippen molar-refractivity contribution < 1.29 is 14.3 Å². The molecule has 5 heteroatoms. The summed E-state index contributed by atoms with van der Waals surface area (Å²) in [5.41, 5.74) is 8.69. The number of hydrogen-bond acceptors (Lipinski definition) is 4. The van der Waals surface area contributed by atoms with Gasteiger partial charge < -0.3 is 20.5 Å². The van der Waals surface area contributed by atoms with Crippen LogP contribution in [0.15, 0.2) is 36.4 Å². The van der Waals surface area contributed by atoms with E-state index in [0.29, 0.717) is 29.3 Å². The molecule has 0 aromatic heterocycles. The number of nitrogen functional groups attached to an aromatic ring is 1. The SMILES string of the molecule is Cc1c(N)cccc1C(=O)NCc1cccc2c1OCO2. The number of hydrogen-bond donors (Lipinski definition) is 2. The molecule has 0 radical (unpaired) electrons. The topological polar surface area (TPSA) is 73.6 Å². The summed E-state index contributed by atoms with van der Waals surface area (Å²) in [5, 5.41) is 2.88. The summed E-state index contributed by atoms with van der Waals surface area (Å²) >= 11 is 0. The minimum Gasteiger partial charge on any atom is -0.454 e. The molecule has 2 aromatic rings. The Kier molecular flexibility index (Phi) is 3.39. The number of fused-ring (bicyclic) bond motifs is 1. The molecular weight excluding hydrogens is 268 g/mol. The van der Waals surface area contributed by atoms with Crippen LogP contribution in [0.1, 0.15) is 21.5 Å². The largest absolute Gasteiger partial charge is 0.454 e. The van der Waals surface area contributed by atoms with Gasteiger partial charge in [0.05, 0.1) is 0 Å². The van der Waals surface area contributed by atoms with Crippen molar-refractivity contribution in [3.63, 3.8) is 0 Å². The van der Waals surface area contributed by atoms with Crippen LogP contribution >= 0.6 is 0 Å². The second-order valence-corrected chi connectivity index (χ2v) is 4.85. The fraction of sp³-hybridized carbons (Fsp3) is 0.188. The smallest absolute Gasteiger partial charge is 0.251 e. The number of ether oxygens (including phenoxy) is 2. The van der Waals surface area contributed by atoms with Gasteiger partial charge >= 0.3 is 0 Å². The molecule has 0 bridgehead atoms. The molecule has 108 valence electrons. The highest BCUT2D eigenvalue weighted by Crippen LogP contribution is 2.35. The van der Waals surface area contributed by atoms with Gasteiger partial charge in [-0.2, -0.15) is 0 Å². The van der Waals surface area contributed by atoms with E-state index in [9.17, 15) is 4.79 Å². The molecule has 0 atom stereocenters. The number of rotatable bonds is 3. The lowest BCUT2D eigenvalue weighted by Crippen LogP contribution is -2.24. The number of carbonyl (C=O) groups excluding carboxylic acids is 1. The Morgan fingerprint density at radius 2 is 2.05 bits per heavy atom. The summed E-state index contributed by atoms with van der Waals surface area (Å²) in [4.78, 5) is 12.3. The van der Waals surface area contributed by atoms with Crippen molar-refractivity contribution in [1.29, 1.82) is 0 Å². The molecule has 3 N–H and O–H groups in total. The van der Waals surface area contributed by atoms with Crippen molar-refractivity contribution in [2.45, 2.75) is 13.5 Å². The predicted molar refractivity (Wildman–Crippen MR) is 79.3 cm³/mol. The Morgan fingerprint density at radius 1 is 1.24 bits per heavy atom. The quantitative estimate of drug-likeness (QED) is 0.848. The summed E-state index contributed by atoms with van der Waals surface area (Å²) in [6.07, 6.45) is 0. The molecule has 1 heterocycles. The van der Waals surface area contributed by atoms with Crippen molar-refractivity contribution in [1.82, 2.24) is 5.32 Å². The number of para-hydroxylation sites is 1. The summed E-state index contributed by atoms with van der Waals surface area (Å²) in [7, 11) is 0. The molecule has 21 heavy (non-hydrogen) atoms. The van der Waals surface area contributed by atoms with Gasteiger partial charge in [0, 0.05) is 23.4 Å². The van der Waals surface area contributed by atoms with Crippen LogP contribution in [0.4, 0.5) is 5.69 Å². The minimum absolute atomic E-state index is 0.156. The summed E-state index contributed by atoms with van der Waals surface area (Å²) in [6.45, 7) is 2.43. The molecule has 3 rings (SSSR count). The van der Waals surface area contributed by atoms with Gasteiger partial charge in [-0.15, -0.1) is 0 Å². The highest BCUT2D eigenvalue weighted by atomic mass is 16.7. The van der Waals surface area contributed by atoms with E-state index in [2.05, 4.69) is 5.32 Å². The molecule has 1 aliphatic rings. The zero-order valence-electron chi connectivity index (χ0n) is 11.7. The van der Waals surface area contributed by atoms with E-state index in [1.54, 1.807) is 18.2 Å². The first kappa shape index (κ1) is 13.3. The highest BCUT2D eigenvalue weighted by Gasteiger charge is 2.18. The normalized spacial score (nSPS) is 12.2. The Labute approximate surface area is 122 Å². The first-order valence-electron chi connectivity index (χ1n) is 6.67. The number of anilines is 1. The van der Waals surface area contributed by atoms with Gasteiger partial charge in [0.2, 0.25) is 6.79 Å². The van der Waals surface area contributed by atoms with Gasteiger partial charge in [-0.1, -0.05) is 18.2 Å². The molecule has 5 nitrogen and oxygen atoms in total. The van der Waals surface area contributed by atoms with Crippen LogP contribution in [-0.4, -0.2) is 12.7 Å². The predicted octanol–water partition coefficient (Wildman–Crippen LogP) is 2.24. The lowest BCUT2D eigenvalue weighted by Gasteiger charge is -2.10. The Hall–Kier alpha value is -2.69. The fourth-order valence-electron chi connectivity index (χ4n) is 2.30. The first-order chi connectivity index (χ1) is 10.2. The molecule has 0 spiro atoms. The highest BCUT2D eigenvalue weighted by molar-refractivity contribution is 5.96. The molecular formula is C16H16N2O3. The lowest BCUT2D eigenvalue weighted by molar-refractivity contribution is 0.0950. The Morgan fingerprint density at radius 3 is 2.90 bits per heavy atom. The average molecular weight is 284 g/mol. The van der Waals surface area contributed by atoms with Crippen LogP contribution in [0, 0.1) is 6.92 Å². The van der Waals surface area contributed by atoms with E-state index < -0.39 is 0 Å². The van der Waals surface area contributed by atoms with E-state index in [1.807, 2.05) is 25.1 Å². The van der Waals surface area contributed by atoms with Crippen molar-refractivity contribution in [2.24, 2.45) is 0 Å². The monoisotopic (exact) mass is 284 g/mol. The van der Waals surface area contributed by atoms with Crippen LogP contribution in [-0.2, 0) is 6.54 Å². The summed E-state index contributed by atoms with van der Waals surface area (Å²) < 4.78 is 10.7. The van der Waals surface area contributed by atoms with Crippen molar-refractivity contribution in [3.05, 3.63) is 53.1 Å². The van der Waals surface area contributed by atoms with Gasteiger partial charge in [-0.3, -0.25) is 4.79 Å². The van der Waals surface area contributed by atoms with E-state index in [1.165, 1.54) is 0 Å². The molecule has 2 aromatic carbocycles. The molecule has 1 aliphatic heterocycles. The maximum atomic E-state index is 12.3. The minimum atomic E-state index is -0.156. The molecule has 0 saturated carbocycles. The zero-order chi connectivity index (χ0) is 14.8. The standard InChI is InChI=1S/C16H16N2O3/c1-10-12(5-3-6-13(10)17)16(19)18-8-11-4-2-7-14-15(11)21-9-20-14/h2-7H,8-9,17H2,1H3,(H,18,19). The second kappa shape index (κ2) is 5.36. The third-order valence-electron chi connectivity index (χ3n) is 3.54. The Balaban J connectivity index is 1.75. The third kappa shape index (κ3) is 2.50. The van der Waals surface area contributed by atoms with Crippen LogP contribution in [0.5, 0.6) is 11.5 Å². The number of amides is 1. The van der Waals surface area contributed by atoms with Gasteiger partial charge in [-0.05, 0) is 30.7 Å². The van der Waals surface area contributed by atoms with Crippen molar-refractivity contribution in [2.75, 3.05) is 12.5 Å². The first-order valence-corrected chi connectivity index (χ1v) is 6.67. The van der Waals surface area contributed by atoms with Gasteiger partial charge in [0.15, 0.2) is 11.5 Å². The molecule has 0 unspecified atom stereocenters. The summed E-state index contributed by atoms with van der Waals surface area (Å²) in [5.74, 6) is 1.25. The van der Waals surface area contributed by atoms with Crippen LogP contribution < -0.4 is 20.5 Å². The van der Waals surface area contributed by atoms with Crippen LogP contribution in [0.2, 0.25) is 0 Å². The number of benzene rings is 2. The Bertz CT molecular complexity index is 698. The lowest BCUT2D eigenvalue weighted by atomic mass is 10.1. The molecule has 0 aliphatic carbocycles. The molecule has 0 fully saturated rings. The van der Waals surface area contributed by atoms with E-state index in [-0.39, 0.29) is 12.7 Å². The fourth-order valence-corrected chi connectivity index (χ4v) is 2.30. The number of carbonyl (C=O) groups is 1. The number of nitrogens with two attached hydrogens (primary N) is 1. The molecule has 1 amide bonds. The second-order valence-electron chi connectivity index (χ2n) is 4.85. The zero-order valence-corrected chi connectivity index (χ0v) is 11.7. The molecule has 0 saturated heterocycles. The van der Waals surface area contributed by atoms with Crippen LogP contribution in [0.25, 0.3) is 0 Å². The maximum Gasteiger partial charge on any atom is 0.251 e. The number of nitrogens with one attached hydrogen (secondary N) is 1.